The zero-order chi connectivity index (χ0) is 13.2. The largest absolute Gasteiger partial charge is 0.490 e. The molecule has 4 nitrogen and oxygen atoms in total. The number of rotatable bonds is 3. The molecule has 1 aliphatic heterocycles. The van der Waals surface area contributed by atoms with Gasteiger partial charge in [0.15, 0.2) is 0 Å². The van der Waals surface area contributed by atoms with Crippen molar-refractivity contribution in [3.8, 4) is 5.75 Å². The smallest absolute Gasteiger partial charge is 0.299 e. The van der Waals surface area contributed by atoms with Crippen molar-refractivity contribution < 1.29 is 17.5 Å². The van der Waals surface area contributed by atoms with Crippen LogP contribution >= 0.6 is 10.7 Å². The molecule has 0 aliphatic carbocycles. The van der Waals surface area contributed by atoms with E-state index < -0.39 is 9.24 Å². The fourth-order valence-corrected chi connectivity index (χ4v) is 2.96. The molecule has 1 aromatic rings. The highest BCUT2D eigenvalue weighted by atomic mass is 35.7. The van der Waals surface area contributed by atoms with Crippen molar-refractivity contribution in [2.75, 3.05) is 13.1 Å². The Hall–Kier alpha value is -0.850. The minimum atomic E-state index is -3.64. The third kappa shape index (κ3) is 3.57. The Labute approximate surface area is 110 Å². The Balaban J connectivity index is 1.91. The van der Waals surface area contributed by atoms with E-state index in [9.17, 15) is 12.8 Å². The van der Waals surface area contributed by atoms with E-state index in [1.807, 2.05) is 0 Å². The molecule has 0 bridgehead atoms. The molecule has 0 N–H and O–H groups in total. The molecule has 0 spiro atoms. The number of piperidine rings is 1. The summed E-state index contributed by atoms with van der Waals surface area (Å²) in [4.78, 5) is 0. The maximum Gasteiger partial charge on any atom is 0.299 e. The second-order valence-corrected chi connectivity index (χ2v) is 6.63. The molecule has 100 valence electrons. The lowest BCUT2D eigenvalue weighted by Crippen LogP contribution is -2.39. The van der Waals surface area contributed by atoms with E-state index in [0.717, 1.165) is 0 Å². The third-order valence-corrected chi connectivity index (χ3v) is 4.38. The van der Waals surface area contributed by atoms with E-state index in [-0.39, 0.29) is 11.9 Å². The van der Waals surface area contributed by atoms with E-state index in [0.29, 0.717) is 31.7 Å². The summed E-state index contributed by atoms with van der Waals surface area (Å²) in [6.07, 6.45) is 0.978. The Kier molecular flexibility index (Phi) is 4.09. The van der Waals surface area contributed by atoms with Gasteiger partial charge in [-0.3, -0.25) is 0 Å². The summed E-state index contributed by atoms with van der Waals surface area (Å²) in [6.45, 7) is 0.650. The summed E-state index contributed by atoms with van der Waals surface area (Å²) < 4.78 is 41.9. The Morgan fingerprint density at radius 2 is 2.00 bits per heavy atom. The highest BCUT2D eigenvalue weighted by molar-refractivity contribution is 8.11. The van der Waals surface area contributed by atoms with Gasteiger partial charge >= 0.3 is 0 Å². The standard InChI is InChI=1S/C11H13ClFNO3S/c12-18(15,16)14-6-4-10(5-7-14)17-11-3-1-2-9(13)8-11/h1-3,8,10H,4-7H2. The molecular weight excluding hydrogens is 281 g/mol. The van der Waals surface area contributed by atoms with Gasteiger partial charge in [-0.25, -0.2) is 4.39 Å². The molecule has 0 atom stereocenters. The zero-order valence-corrected chi connectivity index (χ0v) is 11.1. The lowest BCUT2D eigenvalue weighted by molar-refractivity contribution is 0.135. The van der Waals surface area contributed by atoms with Crippen LogP contribution in [0.4, 0.5) is 4.39 Å². The molecule has 7 heteroatoms. The summed E-state index contributed by atoms with van der Waals surface area (Å²) in [5.74, 6) is 0.107. The first kappa shape index (κ1) is 13.6. The molecule has 0 radical (unpaired) electrons. The van der Waals surface area contributed by atoms with E-state index >= 15 is 0 Å². The summed E-state index contributed by atoms with van der Waals surface area (Å²) in [6, 6.07) is 5.90. The maximum atomic E-state index is 13.0. The fourth-order valence-electron chi connectivity index (χ4n) is 1.90. The highest BCUT2D eigenvalue weighted by Gasteiger charge is 2.27. The average Bonchev–Trinajstić information content (AvgIpc) is 2.28. The van der Waals surface area contributed by atoms with Crippen LogP contribution in [0.5, 0.6) is 5.75 Å². The highest BCUT2D eigenvalue weighted by Crippen LogP contribution is 2.21. The van der Waals surface area contributed by atoms with Crippen LogP contribution in [0.2, 0.25) is 0 Å². The molecule has 0 unspecified atom stereocenters. The van der Waals surface area contributed by atoms with Gasteiger partial charge in [0.25, 0.3) is 9.24 Å². The molecule has 18 heavy (non-hydrogen) atoms. The van der Waals surface area contributed by atoms with E-state index in [4.69, 9.17) is 15.4 Å². The monoisotopic (exact) mass is 293 g/mol. The van der Waals surface area contributed by atoms with Crippen LogP contribution in [-0.2, 0) is 9.24 Å². The van der Waals surface area contributed by atoms with Crippen molar-refractivity contribution >= 4 is 19.9 Å². The molecule has 1 aromatic carbocycles. The molecule has 0 aromatic heterocycles. The number of benzene rings is 1. The minimum Gasteiger partial charge on any atom is -0.490 e. The number of hydrogen-bond donors (Lipinski definition) is 0. The van der Waals surface area contributed by atoms with Crippen molar-refractivity contribution in [3.63, 3.8) is 0 Å². The maximum absolute atomic E-state index is 13.0. The van der Waals surface area contributed by atoms with Gasteiger partial charge < -0.3 is 4.74 Å². The third-order valence-electron chi connectivity index (χ3n) is 2.81. The molecule has 2 rings (SSSR count). The van der Waals surface area contributed by atoms with E-state index in [1.54, 1.807) is 12.1 Å². The van der Waals surface area contributed by atoms with E-state index in [1.165, 1.54) is 16.4 Å². The van der Waals surface area contributed by atoms with Crippen LogP contribution < -0.4 is 4.74 Å². The Morgan fingerprint density at radius 3 is 2.56 bits per heavy atom. The summed E-state index contributed by atoms with van der Waals surface area (Å²) in [7, 11) is 1.61. The zero-order valence-electron chi connectivity index (χ0n) is 9.55. The molecule has 0 amide bonds. The van der Waals surface area contributed by atoms with Crippen LogP contribution in [0.3, 0.4) is 0 Å². The summed E-state index contributed by atoms with van der Waals surface area (Å²) in [5, 5.41) is 0. The van der Waals surface area contributed by atoms with Crippen molar-refractivity contribution in [2.45, 2.75) is 18.9 Å². The number of halogens is 2. The summed E-state index contributed by atoms with van der Waals surface area (Å²) in [5.41, 5.74) is 0. The quantitative estimate of drug-likeness (QED) is 0.802. The van der Waals surface area contributed by atoms with Crippen molar-refractivity contribution in [2.24, 2.45) is 0 Å². The van der Waals surface area contributed by atoms with Gasteiger partial charge in [-0.15, -0.1) is 0 Å². The van der Waals surface area contributed by atoms with Crippen molar-refractivity contribution in [3.05, 3.63) is 30.1 Å². The average molecular weight is 294 g/mol. The van der Waals surface area contributed by atoms with Crippen LogP contribution in [0.15, 0.2) is 24.3 Å². The molecule has 0 saturated carbocycles. The molecular formula is C11H13ClFNO3S. The van der Waals surface area contributed by atoms with Crippen molar-refractivity contribution in [1.82, 2.24) is 4.31 Å². The second-order valence-electron chi connectivity index (χ2n) is 4.12. The SMILES string of the molecule is O=S(=O)(Cl)N1CCC(Oc2cccc(F)c2)CC1. The summed E-state index contributed by atoms with van der Waals surface area (Å²) >= 11 is 0. The lowest BCUT2D eigenvalue weighted by atomic mass is 10.1. The van der Waals surface area contributed by atoms with Gasteiger partial charge in [0.1, 0.15) is 17.7 Å². The van der Waals surface area contributed by atoms with Gasteiger partial charge in [-0.1, -0.05) is 6.07 Å². The van der Waals surface area contributed by atoms with E-state index in [2.05, 4.69) is 0 Å². The van der Waals surface area contributed by atoms with Gasteiger partial charge in [-0.05, 0) is 25.0 Å². The van der Waals surface area contributed by atoms with Crippen LogP contribution in [0.1, 0.15) is 12.8 Å². The Morgan fingerprint density at radius 1 is 1.33 bits per heavy atom. The Bertz CT molecular complexity index is 515. The number of nitrogens with zero attached hydrogens (tertiary/aromatic N) is 1. The molecule has 1 fully saturated rings. The molecule has 1 saturated heterocycles. The number of hydrogen-bond acceptors (Lipinski definition) is 3. The predicted molar refractivity (Wildman–Crippen MR) is 66.4 cm³/mol. The minimum absolute atomic E-state index is 0.110. The first-order chi connectivity index (χ1) is 8.45. The van der Waals surface area contributed by atoms with Gasteiger partial charge in [0, 0.05) is 29.8 Å². The number of ether oxygens (including phenoxy) is 1. The van der Waals surface area contributed by atoms with Crippen LogP contribution in [-0.4, -0.2) is 31.9 Å². The predicted octanol–water partition coefficient (Wildman–Crippen LogP) is 2.15. The first-order valence-electron chi connectivity index (χ1n) is 5.57. The second kappa shape index (κ2) is 5.42. The fraction of sp³-hybridized carbons (Fsp3) is 0.455. The van der Waals surface area contributed by atoms with Gasteiger partial charge in [-0.2, -0.15) is 12.7 Å². The van der Waals surface area contributed by atoms with Crippen LogP contribution in [0, 0.1) is 5.82 Å². The van der Waals surface area contributed by atoms with Crippen LogP contribution in [0.25, 0.3) is 0 Å². The van der Waals surface area contributed by atoms with Crippen molar-refractivity contribution in [1.29, 1.82) is 0 Å². The normalized spacial score (nSPS) is 18.8. The first-order valence-corrected chi connectivity index (χ1v) is 7.84. The molecule has 1 heterocycles. The van der Waals surface area contributed by atoms with Gasteiger partial charge in [0.05, 0.1) is 0 Å². The topological polar surface area (TPSA) is 46.6 Å². The lowest BCUT2D eigenvalue weighted by Gasteiger charge is -2.29. The van der Waals surface area contributed by atoms with Gasteiger partial charge in [0.2, 0.25) is 0 Å². The molecule has 1 aliphatic rings.